The molecule has 23 heavy (non-hydrogen) atoms. The van der Waals surface area contributed by atoms with Gasteiger partial charge in [0.1, 0.15) is 5.82 Å². The summed E-state index contributed by atoms with van der Waals surface area (Å²) in [7, 11) is 0. The highest BCUT2D eigenvalue weighted by atomic mass is 35.5. The summed E-state index contributed by atoms with van der Waals surface area (Å²) in [6, 6.07) is 16.1. The molecule has 6 heteroatoms. The predicted molar refractivity (Wildman–Crippen MR) is 99.9 cm³/mol. The van der Waals surface area contributed by atoms with Gasteiger partial charge in [0.15, 0.2) is 4.77 Å². The Balaban J connectivity index is 1.75. The summed E-state index contributed by atoms with van der Waals surface area (Å²) in [4.78, 5) is 0. The number of nitrogens with one attached hydrogen (secondary N) is 1. The van der Waals surface area contributed by atoms with Gasteiger partial charge < -0.3 is 0 Å². The Kier molecular flexibility index (Phi) is 5.20. The highest BCUT2D eigenvalue weighted by molar-refractivity contribution is 7.97. The first-order valence-corrected chi connectivity index (χ1v) is 9.14. The van der Waals surface area contributed by atoms with Gasteiger partial charge in [-0.2, -0.15) is 5.10 Å². The first-order valence-electron chi connectivity index (χ1n) is 7.19. The van der Waals surface area contributed by atoms with Crippen LogP contribution in [-0.2, 0) is 11.5 Å². The average Bonchev–Trinajstić information content (AvgIpc) is 2.91. The van der Waals surface area contributed by atoms with Crippen molar-refractivity contribution in [3.8, 4) is 5.69 Å². The molecule has 0 aliphatic rings. The quantitative estimate of drug-likeness (QED) is 0.624. The van der Waals surface area contributed by atoms with Crippen LogP contribution in [0, 0.1) is 11.7 Å². The van der Waals surface area contributed by atoms with Crippen molar-refractivity contribution < 1.29 is 0 Å². The van der Waals surface area contributed by atoms with Crippen molar-refractivity contribution in [2.45, 2.75) is 18.4 Å². The molecule has 118 valence electrons. The summed E-state index contributed by atoms with van der Waals surface area (Å²) in [6.45, 7) is 2.14. The molecular weight excluding hydrogens is 346 g/mol. The van der Waals surface area contributed by atoms with Gasteiger partial charge in [-0.3, -0.25) is 9.67 Å². The lowest BCUT2D eigenvalue weighted by atomic mass is 10.1. The van der Waals surface area contributed by atoms with Crippen molar-refractivity contribution in [1.82, 2.24) is 14.8 Å². The van der Waals surface area contributed by atoms with Crippen LogP contribution in [0.1, 0.15) is 17.0 Å². The number of halogens is 1. The molecule has 0 saturated carbocycles. The van der Waals surface area contributed by atoms with E-state index in [0.29, 0.717) is 9.79 Å². The summed E-state index contributed by atoms with van der Waals surface area (Å²) < 4.78 is 2.55. The van der Waals surface area contributed by atoms with Gasteiger partial charge in [-0.05, 0) is 54.5 Å². The standard InChI is InChI=1S/C17H16ClN3S2/c1-12-4-2-3-5-13(12)10-23-11-16-19-20-17(22)21(16)15-8-6-14(18)7-9-15/h2-9H,10-11H2,1H3,(H,20,22). The van der Waals surface area contributed by atoms with E-state index in [1.165, 1.54) is 11.1 Å². The van der Waals surface area contributed by atoms with E-state index in [9.17, 15) is 0 Å². The van der Waals surface area contributed by atoms with Crippen molar-refractivity contribution in [3.63, 3.8) is 0 Å². The molecule has 0 aliphatic heterocycles. The average molecular weight is 362 g/mol. The SMILES string of the molecule is Cc1ccccc1CSCc1n[nH]c(=S)n1-c1ccc(Cl)cc1. The van der Waals surface area contributed by atoms with E-state index in [1.807, 2.05) is 40.6 Å². The summed E-state index contributed by atoms with van der Waals surface area (Å²) >= 11 is 13.1. The van der Waals surface area contributed by atoms with E-state index in [4.69, 9.17) is 23.8 Å². The zero-order chi connectivity index (χ0) is 16.2. The first kappa shape index (κ1) is 16.3. The van der Waals surface area contributed by atoms with Crippen molar-refractivity contribution in [2.75, 3.05) is 0 Å². The maximum absolute atomic E-state index is 5.96. The van der Waals surface area contributed by atoms with Crippen LogP contribution in [-0.4, -0.2) is 14.8 Å². The van der Waals surface area contributed by atoms with E-state index in [-0.39, 0.29) is 0 Å². The van der Waals surface area contributed by atoms with E-state index >= 15 is 0 Å². The van der Waals surface area contributed by atoms with Gasteiger partial charge >= 0.3 is 0 Å². The van der Waals surface area contributed by atoms with Crippen molar-refractivity contribution in [1.29, 1.82) is 0 Å². The van der Waals surface area contributed by atoms with E-state index < -0.39 is 0 Å². The lowest BCUT2D eigenvalue weighted by Crippen LogP contribution is -2.00. The second-order valence-electron chi connectivity index (χ2n) is 5.18. The highest BCUT2D eigenvalue weighted by Crippen LogP contribution is 2.22. The van der Waals surface area contributed by atoms with Crippen LogP contribution in [0.5, 0.6) is 0 Å². The van der Waals surface area contributed by atoms with Crippen LogP contribution >= 0.6 is 35.6 Å². The van der Waals surface area contributed by atoms with Crippen LogP contribution in [0.2, 0.25) is 5.02 Å². The molecule has 0 unspecified atom stereocenters. The van der Waals surface area contributed by atoms with Gasteiger partial charge in [0.2, 0.25) is 0 Å². The Bertz CT molecular complexity index is 853. The number of hydrogen-bond acceptors (Lipinski definition) is 3. The molecule has 1 aromatic heterocycles. The number of rotatable bonds is 5. The van der Waals surface area contributed by atoms with Crippen LogP contribution in [0.3, 0.4) is 0 Å². The van der Waals surface area contributed by atoms with Gasteiger partial charge in [-0.1, -0.05) is 35.9 Å². The Morgan fingerprint density at radius 1 is 1.13 bits per heavy atom. The topological polar surface area (TPSA) is 33.6 Å². The minimum Gasteiger partial charge on any atom is -0.271 e. The molecule has 0 atom stereocenters. The lowest BCUT2D eigenvalue weighted by Gasteiger charge is -2.08. The Hall–Kier alpha value is -1.56. The molecule has 0 saturated heterocycles. The van der Waals surface area contributed by atoms with Crippen LogP contribution in [0.4, 0.5) is 0 Å². The zero-order valence-corrected chi connectivity index (χ0v) is 15.0. The largest absolute Gasteiger partial charge is 0.271 e. The molecule has 0 spiro atoms. The molecule has 0 amide bonds. The molecule has 1 N–H and O–H groups in total. The maximum atomic E-state index is 5.96. The second-order valence-corrected chi connectivity index (χ2v) is 6.98. The molecule has 1 heterocycles. The van der Waals surface area contributed by atoms with Gasteiger partial charge in [0, 0.05) is 16.5 Å². The molecule has 0 bridgehead atoms. The first-order chi connectivity index (χ1) is 11.1. The highest BCUT2D eigenvalue weighted by Gasteiger charge is 2.09. The van der Waals surface area contributed by atoms with Gasteiger partial charge in [-0.15, -0.1) is 11.8 Å². The van der Waals surface area contributed by atoms with Crippen molar-refractivity contribution in [2.24, 2.45) is 0 Å². The summed E-state index contributed by atoms with van der Waals surface area (Å²) in [5, 5.41) is 7.95. The smallest absolute Gasteiger partial charge is 0.199 e. The number of benzene rings is 2. The molecule has 0 fully saturated rings. The molecule has 0 aliphatic carbocycles. The second kappa shape index (κ2) is 7.34. The Morgan fingerprint density at radius 2 is 1.87 bits per heavy atom. The van der Waals surface area contributed by atoms with Gasteiger partial charge in [0.05, 0.1) is 5.75 Å². The fourth-order valence-electron chi connectivity index (χ4n) is 2.31. The van der Waals surface area contributed by atoms with Gasteiger partial charge in [0.25, 0.3) is 0 Å². The molecular formula is C17H16ClN3S2. The molecule has 2 aromatic carbocycles. The third-order valence-electron chi connectivity index (χ3n) is 3.58. The molecule has 3 rings (SSSR count). The fourth-order valence-corrected chi connectivity index (χ4v) is 3.71. The minimum absolute atomic E-state index is 0.596. The monoisotopic (exact) mass is 361 g/mol. The lowest BCUT2D eigenvalue weighted by molar-refractivity contribution is 0.949. The van der Waals surface area contributed by atoms with E-state index in [0.717, 1.165) is 23.0 Å². The van der Waals surface area contributed by atoms with Crippen molar-refractivity contribution >= 4 is 35.6 Å². The minimum atomic E-state index is 0.596. The number of aryl methyl sites for hydroxylation is 1. The summed E-state index contributed by atoms with van der Waals surface area (Å²) in [6.07, 6.45) is 0. The molecule has 0 radical (unpaired) electrons. The van der Waals surface area contributed by atoms with Crippen molar-refractivity contribution in [3.05, 3.63) is 75.3 Å². The number of aromatic nitrogens is 3. The van der Waals surface area contributed by atoms with E-state index in [1.54, 1.807) is 0 Å². The number of hydrogen-bond donors (Lipinski definition) is 1. The number of thioether (sulfide) groups is 1. The molecule has 3 nitrogen and oxygen atoms in total. The third kappa shape index (κ3) is 3.86. The van der Waals surface area contributed by atoms with Crippen LogP contribution in [0.25, 0.3) is 5.69 Å². The fraction of sp³-hybridized carbons (Fsp3) is 0.176. The normalized spacial score (nSPS) is 10.9. The van der Waals surface area contributed by atoms with Crippen LogP contribution in [0.15, 0.2) is 48.5 Å². The maximum Gasteiger partial charge on any atom is 0.199 e. The number of H-pyrrole nitrogens is 1. The number of aromatic amines is 1. The summed E-state index contributed by atoms with van der Waals surface area (Å²) in [5.74, 6) is 2.65. The molecule has 3 aromatic rings. The Morgan fingerprint density at radius 3 is 2.61 bits per heavy atom. The van der Waals surface area contributed by atoms with Crippen LogP contribution < -0.4 is 0 Å². The Labute approximate surface area is 149 Å². The number of nitrogens with zero attached hydrogens (tertiary/aromatic N) is 2. The van der Waals surface area contributed by atoms with E-state index in [2.05, 4.69) is 41.4 Å². The summed E-state index contributed by atoms with van der Waals surface area (Å²) in [5.41, 5.74) is 3.64. The predicted octanol–water partition coefficient (Wildman–Crippen LogP) is 5.33. The zero-order valence-electron chi connectivity index (χ0n) is 12.6. The third-order valence-corrected chi connectivity index (χ3v) is 5.08. The van der Waals surface area contributed by atoms with Gasteiger partial charge in [-0.25, -0.2) is 0 Å².